The number of amides is 1. The van der Waals surface area contributed by atoms with Gasteiger partial charge in [0.15, 0.2) is 5.82 Å². The fraction of sp³-hybridized carbons (Fsp3) is 0.850. The first kappa shape index (κ1) is 21.0. The molecule has 2 heterocycles. The van der Waals surface area contributed by atoms with Gasteiger partial charge < -0.3 is 20.1 Å². The molecule has 10 heteroatoms. The maximum Gasteiger partial charge on any atom is 0.407 e. The molecule has 3 N–H and O–H groups in total. The fourth-order valence-electron chi connectivity index (χ4n) is 4.43. The van der Waals surface area contributed by atoms with E-state index in [2.05, 4.69) is 31.3 Å². The van der Waals surface area contributed by atoms with Gasteiger partial charge in [-0.3, -0.25) is 4.79 Å². The summed E-state index contributed by atoms with van der Waals surface area (Å²) in [6.07, 6.45) is 5.51. The quantitative estimate of drug-likeness (QED) is 0.510. The third-order valence-corrected chi connectivity index (χ3v) is 6.13. The zero-order chi connectivity index (χ0) is 22.3. The van der Waals surface area contributed by atoms with Gasteiger partial charge >= 0.3 is 12.1 Å². The summed E-state index contributed by atoms with van der Waals surface area (Å²) in [5, 5.41) is 19.9. The lowest BCUT2D eigenvalue weighted by Gasteiger charge is -2.42. The van der Waals surface area contributed by atoms with E-state index < -0.39 is 18.1 Å². The van der Waals surface area contributed by atoms with Gasteiger partial charge in [0.2, 0.25) is 0 Å². The first-order valence-corrected chi connectivity index (χ1v) is 11.0. The van der Waals surface area contributed by atoms with E-state index in [1.807, 2.05) is 6.92 Å². The van der Waals surface area contributed by atoms with Crippen molar-refractivity contribution in [2.75, 3.05) is 19.8 Å². The van der Waals surface area contributed by atoms with E-state index >= 15 is 0 Å². The molecule has 0 unspecified atom stereocenters. The van der Waals surface area contributed by atoms with Crippen LogP contribution in [-0.2, 0) is 20.7 Å². The molecule has 2 fully saturated rings. The number of rotatable bonds is 9. The van der Waals surface area contributed by atoms with Crippen LogP contribution in [0, 0.1) is 17.8 Å². The van der Waals surface area contributed by atoms with Crippen LogP contribution in [0.15, 0.2) is 0 Å². The molecule has 1 saturated heterocycles. The van der Waals surface area contributed by atoms with E-state index in [1.54, 1.807) is 6.92 Å². The van der Waals surface area contributed by atoms with E-state index in [0.717, 1.165) is 37.9 Å². The summed E-state index contributed by atoms with van der Waals surface area (Å²) < 4.78 is 18.9. The molecule has 0 aromatic carbocycles. The van der Waals surface area contributed by atoms with Crippen molar-refractivity contribution in [1.29, 1.82) is 0 Å². The van der Waals surface area contributed by atoms with E-state index in [1.165, 1.54) is 0 Å². The Bertz CT molecular complexity index is 721. The van der Waals surface area contributed by atoms with Crippen molar-refractivity contribution in [2.45, 2.75) is 70.9 Å². The number of hydrogen-bond acceptors (Lipinski definition) is 8. The van der Waals surface area contributed by atoms with Crippen LogP contribution in [-0.4, -0.2) is 64.5 Å². The molecule has 0 spiro atoms. The van der Waals surface area contributed by atoms with Crippen LogP contribution in [0.5, 0.6) is 0 Å². The summed E-state index contributed by atoms with van der Waals surface area (Å²) in [6, 6.07) is -1.59. The first-order valence-electron chi connectivity index (χ1n) is 11.5. The maximum atomic E-state index is 12.7. The van der Waals surface area contributed by atoms with Gasteiger partial charge in [0.25, 0.3) is 0 Å². The molecule has 30 heavy (non-hydrogen) atoms. The Morgan fingerprint density at radius 3 is 2.93 bits per heavy atom. The van der Waals surface area contributed by atoms with E-state index in [0.29, 0.717) is 43.7 Å². The number of H-pyrrole nitrogens is 1. The van der Waals surface area contributed by atoms with Crippen molar-refractivity contribution in [2.24, 2.45) is 17.8 Å². The molecule has 1 aliphatic heterocycles. The second-order valence-electron chi connectivity index (χ2n) is 8.32. The van der Waals surface area contributed by atoms with Gasteiger partial charge in [-0.05, 0) is 63.8 Å². The van der Waals surface area contributed by atoms with E-state index in [9.17, 15) is 9.59 Å². The van der Waals surface area contributed by atoms with Crippen LogP contribution >= 0.6 is 0 Å². The monoisotopic (exact) mass is 423 g/mol. The van der Waals surface area contributed by atoms with Crippen molar-refractivity contribution < 1.29 is 20.4 Å². The predicted octanol–water partition coefficient (Wildman–Crippen LogP) is 1.59. The highest BCUT2D eigenvalue weighted by Crippen LogP contribution is 2.40. The molecule has 0 radical (unpaired) electrons. The third kappa shape index (κ3) is 6.65. The highest BCUT2D eigenvalue weighted by Gasteiger charge is 2.38. The van der Waals surface area contributed by atoms with Crippen molar-refractivity contribution in [3.63, 3.8) is 0 Å². The van der Waals surface area contributed by atoms with Gasteiger partial charge in [-0.15, -0.1) is 10.2 Å². The molecule has 10 nitrogen and oxygen atoms in total. The molecule has 1 amide bonds. The number of nitrogens with one attached hydrogen (secondary N) is 3. The van der Waals surface area contributed by atoms with E-state index in [4.69, 9.17) is 10.8 Å². The van der Waals surface area contributed by atoms with Gasteiger partial charge in [0.1, 0.15) is 6.02 Å². The van der Waals surface area contributed by atoms with Crippen molar-refractivity contribution in [3.8, 4) is 0 Å². The topological polar surface area (TPSA) is 131 Å². The first-order chi connectivity index (χ1) is 14.9. The predicted molar refractivity (Wildman–Crippen MR) is 108 cm³/mol. The Kier molecular flexibility index (Phi) is 7.88. The highest BCUT2D eigenvalue weighted by molar-refractivity contribution is 5.76. The molecule has 0 bridgehead atoms. The highest BCUT2D eigenvalue weighted by atomic mass is 16.5. The SMILES string of the molecule is [2H][C@@]1(C(=O)OCC[C@H](C)NC(=O)OCC)C[C@H]2C[C@@H](CCc3nn[nH]n3)CC[C@H]2CN1. The zero-order valence-corrected chi connectivity index (χ0v) is 17.9. The molecule has 5 atom stereocenters. The average Bonchev–Trinajstić information content (AvgIpc) is 3.25. The molecule has 2 aliphatic rings. The summed E-state index contributed by atoms with van der Waals surface area (Å²) in [6.45, 7) is 4.68. The zero-order valence-electron chi connectivity index (χ0n) is 18.9. The largest absolute Gasteiger partial charge is 0.464 e. The molecule has 1 saturated carbocycles. The Morgan fingerprint density at radius 1 is 1.30 bits per heavy atom. The summed E-state index contributed by atoms with van der Waals surface area (Å²) in [4.78, 5) is 24.1. The molecule has 1 aromatic heterocycles. The summed E-state index contributed by atoms with van der Waals surface area (Å²) in [7, 11) is 0. The normalized spacial score (nSPS) is 29.9. The lowest BCUT2D eigenvalue weighted by Crippen LogP contribution is -2.50. The Morgan fingerprint density at radius 2 is 2.17 bits per heavy atom. The van der Waals surface area contributed by atoms with Crippen LogP contribution in [0.1, 0.15) is 59.6 Å². The number of aromatic amines is 1. The Labute approximate surface area is 178 Å². The fourth-order valence-corrected chi connectivity index (χ4v) is 4.43. The number of esters is 1. The summed E-state index contributed by atoms with van der Waals surface area (Å²) >= 11 is 0. The van der Waals surface area contributed by atoms with Crippen LogP contribution in [0.2, 0.25) is 0 Å². The van der Waals surface area contributed by atoms with Crippen LogP contribution in [0.4, 0.5) is 4.79 Å². The second kappa shape index (κ2) is 11.2. The van der Waals surface area contributed by atoms with Crippen molar-refractivity contribution >= 4 is 12.1 Å². The van der Waals surface area contributed by atoms with Crippen LogP contribution < -0.4 is 10.6 Å². The van der Waals surface area contributed by atoms with Gasteiger partial charge in [-0.25, -0.2) is 4.79 Å². The number of tetrazole rings is 1. The smallest absolute Gasteiger partial charge is 0.407 e. The third-order valence-electron chi connectivity index (χ3n) is 6.13. The minimum absolute atomic E-state index is 0.149. The Balaban J connectivity index is 1.43. The number of aromatic nitrogens is 4. The number of carbonyl (C=O) groups is 2. The minimum atomic E-state index is -1.41. The molecule has 1 aliphatic carbocycles. The number of nitrogens with zero attached hydrogens (tertiary/aromatic N) is 3. The molecule has 3 rings (SSSR count). The number of carbonyl (C=O) groups excluding carboxylic acids is 2. The van der Waals surface area contributed by atoms with Crippen LogP contribution in [0.3, 0.4) is 0 Å². The summed E-state index contributed by atoms with van der Waals surface area (Å²) in [5.74, 6) is 1.58. The number of alkyl carbamates (subject to hydrolysis) is 1. The molecular formula is C20H34N6O4. The lowest BCUT2D eigenvalue weighted by molar-refractivity contribution is -0.148. The molecule has 1 aromatic rings. The Hall–Kier alpha value is -2.23. The van der Waals surface area contributed by atoms with Gasteiger partial charge in [-0.2, -0.15) is 5.21 Å². The minimum Gasteiger partial charge on any atom is -0.464 e. The van der Waals surface area contributed by atoms with Crippen molar-refractivity contribution in [1.82, 2.24) is 31.3 Å². The number of piperidine rings is 1. The van der Waals surface area contributed by atoms with Gasteiger partial charge in [-0.1, -0.05) is 11.6 Å². The second-order valence-corrected chi connectivity index (χ2v) is 8.32. The molecule has 168 valence electrons. The summed E-state index contributed by atoms with van der Waals surface area (Å²) in [5.41, 5.74) is 0. The number of fused-ring (bicyclic) bond motifs is 1. The lowest BCUT2D eigenvalue weighted by atomic mass is 9.69. The van der Waals surface area contributed by atoms with Crippen molar-refractivity contribution in [3.05, 3.63) is 5.82 Å². The van der Waals surface area contributed by atoms with E-state index in [-0.39, 0.29) is 12.6 Å². The number of aryl methyl sites for hydroxylation is 1. The van der Waals surface area contributed by atoms with Crippen LogP contribution in [0.25, 0.3) is 0 Å². The van der Waals surface area contributed by atoms with Gasteiger partial charge in [0, 0.05) is 18.9 Å². The maximum absolute atomic E-state index is 12.7. The molecular weight excluding hydrogens is 388 g/mol. The number of ether oxygens (including phenoxy) is 2. The number of hydrogen-bond donors (Lipinski definition) is 3. The average molecular weight is 424 g/mol. The standard InChI is InChI=1S/C20H34N6O4/c1-3-29-20(28)22-13(2)8-9-30-19(27)17-11-16-10-14(4-6-15(16)12-21-17)5-7-18-23-25-26-24-18/h13-17,21H,3-12H2,1-2H3,(H,22,28)(H,23,24,25,26)/t13-,14+,15-,16+,17-/m0/s1/i17D. The van der Waals surface area contributed by atoms with Gasteiger partial charge in [0.05, 0.1) is 14.6 Å².